The normalized spacial score (nSPS) is 16.5. The Kier molecular flexibility index (Phi) is 5.74. The van der Waals surface area contributed by atoms with Crippen molar-refractivity contribution in [1.29, 1.82) is 0 Å². The summed E-state index contributed by atoms with van der Waals surface area (Å²) in [6, 6.07) is 15.0. The summed E-state index contributed by atoms with van der Waals surface area (Å²) in [5.41, 5.74) is 7.61. The van der Waals surface area contributed by atoms with Crippen molar-refractivity contribution in [3.8, 4) is 0 Å². The minimum atomic E-state index is -3.31. The largest absolute Gasteiger partial charge is 0.295 e. The molecule has 0 spiro atoms. The van der Waals surface area contributed by atoms with E-state index in [2.05, 4.69) is 10.1 Å². The number of hydrogen-bond donors (Lipinski definition) is 2. The quantitative estimate of drug-likeness (QED) is 0.778. The number of rotatable bonds is 6. The average Bonchev–Trinajstić information content (AvgIpc) is 3.13. The third-order valence-corrected chi connectivity index (χ3v) is 5.99. The summed E-state index contributed by atoms with van der Waals surface area (Å²) in [6.45, 7) is 5.46. The topological polar surface area (TPSA) is 78.5 Å². The van der Waals surface area contributed by atoms with Gasteiger partial charge in [-0.1, -0.05) is 48.9 Å². The molecule has 1 heterocycles. The maximum absolute atomic E-state index is 12.4. The molecule has 7 heteroatoms. The molecular weight excluding hydrogens is 374 g/mol. The van der Waals surface area contributed by atoms with E-state index in [9.17, 15) is 13.2 Å². The van der Waals surface area contributed by atoms with Crippen LogP contribution in [-0.2, 0) is 14.8 Å². The molecule has 148 valence electrons. The van der Waals surface area contributed by atoms with Crippen molar-refractivity contribution in [2.24, 2.45) is 0 Å². The summed E-state index contributed by atoms with van der Waals surface area (Å²) < 4.78 is 25.9. The van der Waals surface area contributed by atoms with Gasteiger partial charge in [0.25, 0.3) is 0 Å². The van der Waals surface area contributed by atoms with E-state index in [1.54, 1.807) is 24.1 Å². The summed E-state index contributed by atoms with van der Waals surface area (Å²) in [5.74, 6) is 0.0254. The molecule has 2 aromatic rings. The molecule has 1 aliphatic heterocycles. The first-order valence-corrected chi connectivity index (χ1v) is 11.0. The van der Waals surface area contributed by atoms with E-state index in [-0.39, 0.29) is 17.7 Å². The number of nitrogens with one attached hydrogen (secondary N) is 2. The van der Waals surface area contributed by atoms with Crippen LogP contribution in [0.1, 0.15) is 43.0 Å². The fraction of sp³-hybridized carbons (Fsp3) is 0.286. The van der Waals surface area contributed by atoms with Crippen molar-refractivity contribution in [2.45, 2.75) is 33.2 Å². The first kappa shape index (κ1) is 19.9. The molecule has 1 amide bonds. The summed E-state index contributed by atoms with van der Waals surface area (Å²) in [6.07, 6.45) is 2.41. The summed E-state index contributed by atoms with van der Waals surface area (Å²) in [4.78, 5) is 12.4. The first-order chi connectivity index (χ1) is 13.3. The van der Waals surface area contributed by atoms with E-state index >= 15 is 0 Å². The highest BCUT2D eigenvalue weighted by molar-refractivity contribution is 7.92. The number of aryl methyl sites for hydroxylation is 1. The second-order valence-corrected chi connectivity index (χ2v) is 8.76. The zero-order chi connectivity index (χ0) is 20.3. The van der Waals surface area contributed by atoms with Crippen molar-refractivity contribution in [1.82, 2.24) is 10.4 Å². The Bertz CT molecular complexity index is 981. The molecular formula is C21H25N3O3S. The molecule has 0 aliphatic carbocycles. The van der Waals surface area contributed by atoms with Gasteiger partial charge in [-0.2, -0.15) is 0 Å². The van der Waals surface area contributed by atoms with Gasteiger partial charge in [-0.3, -0.25) is 14.9 Å². The zero-order valence-electron chi connectivity index (χ0n) is 16.3. The number of benzene rings is 2. The standard InChI is InChI=1S/C21H25N3O3S/c1-4-21(25)24-20(17-8-6-15(3)7-9-17)14-19(22-24)16-10-12-18(13-11-16)23-28(26,27)5-2/h6-14,20,22-23H,4-5H2,1-3H3. The molecule has 2 aromatic carbocycles. The fourth-order valence-electron chi connectivity index (χ4n) is 3.00. The minimum absolute atomic E-state index is 0.00384. The van der Waals surface area contributed by atoms with Crippen LogP contribution >= 0.6 is 0 Å². The summed E-state index contributed by atoms with van der Waals surface area (Å²) in [7, 11) is -3.31. The van der Waals surface area contributed by atoms with Crippen LogP contribution in [0.25, 0.3) is 5.70 Å². The number of nitrogens with zero attached hydrogens (tertiary/aromatic N) is 1. The number of amides is 1. The van der Waals surface area contributed by atoms with Crippen molar-refractivity contribution in [3.63, 3.8) is 0 Å². The van der Waals surface area contributed by atoms with Gasteiger partial charge in [-0.05, 0) is 43.2 Å². The minimum Gasteiger partial charge on any atom is -0.295 e. The number of anilines is 1. The molecule has 6 nitrogen and oxygen atoms in total. The Hall–Kier alpha value is -2.80. The van der Waals surface area contributed by atoms with Gasteiger partial charge in [0.15, 0.2) is 0 Å². The number of carbonyl (C=O) groups excluding carboxylic acids is 1. The third kappa shape index (κ3) is 4.36. The van der Waals surface area contributed by atoms with Crippen molar-refractivity contribution in [2.75, 3.05) is 10.5 Å². The Balaban J connectivity index is 1.88. The van der Waals surface area contributed by atoms with Crippen LogP contribution in [0.5, 0.6) is 0 Å². The second kappa shape index (κ2) is 8.06. The van der Waals surface area contributed by atoms with Gasteiger partial charge >= 0.3 is 0 Å². The Morgan fingerprint density at radius 2 is 1.71 bits per heavy atom. The highest BCUT2D eigenvalue weighted by Crippen LogP contribution is 2.32. The van der Waals surface area contributed by atoms with Crippen LogP contribution < -0.4 is 10.1 Å². The van der Waals surface area contributed by atoms with Crippen LogP contribution in [0.15, 0.2) is 54.6 Å². The highest BCUT2D eigenvalue weighted by Gasteiger charge is 2.29. The van der Waals surface area contributed by atoms with E-state index in [1.807, 2.05) is 56.3 Å². The molecule has 1 aliphatic rings. The van der Waals surface area contributed by atoms with Gasteiger partial charge in [-0.15, -0.1) is 0 Å². The maximum atomic E-state index is 12.4. The average molecular weight is 400 g/mol. The lowest BCUT2D eigenvalue weighted by molar-refractivity contribution is -0.134. The summed E-state index contributed by atoms with van der Waals surface area (Å²) >= 11 is 0. The molecule has 28 heavy (non-hydrogen) atoms. The maximum Gasteiger partial charge on any atom is 0.241 e. The van der Waals surface area contributed by atoms with Crippen molar-refractivity contribution >= 4 is 27.3 Å². The SMILES string of the molecule is CCC(=O)N1NC(c2ccc(NS(=O)(=O)CC)cc2)=CC1c1ccc(C)cc1. The lowest BCUT2D eigenvalue weighted by Crippen LogP contribution is -2.39. The molecule has 0 bridgehead atoms. The molecule has 2 N–H and O–H groups in total. The smallest absolute Gasteiger partial charge is 0.241 e. The molecule has 1 unspecified atom stereocenters. The van der Waals surface area contributed by atoms with Gasteiger partial charge in [0.2, 0.25) is 15.9 Å². The van der Waals surface area contributed by atoms with Crippen LogP contribution in [0, 0.1) is 6.92 Å². The zero-order valence-corrected chi connectivity index (χ0v) is 17.1. The monoisotopic (exact) mass is 399 g/mol. The molecule has 0 fully saturated rings. The van der Waals surface area contributed by atoms with Crippen LogP contribution in [-0.4, -0.2) is 25.1 Å². The third-order valence-electron chi connectivity index (χ3n) is 4.68. The number of sulfonamides is 1. The molecule has 1 atom stereocenters. The van der Waals surface area contributed by atoms with Crippen LogP contribution in [0.2, 0.25) is 0 Å². The Labute approximate surface area is 166 Å². The molecule has 0 saturated heterocycles. The van der Waals surface area contributed by atoms with E-state index in [4.69, 9.17) is 0 Å². The summed E-state index contributed by atoms with van der Waals surface area (Å²) in [5, 5.41) is 1.65. The molecule has 3 rings (SSSR count). The predicted molar refractivity (Wildman–Crippen MR) is 112 cm³/mol. The number of hydrogen-bond acceptors (Lipinski definition) is 4. The highest BCUT2D eigenvalue weighted by atomic mass is 32.2. The van der Waals surface area contributed by atoms with E-state index in [1.165, 1.54) is 0 Å². The van der Waals surface area contributed by atoms with Gasteiger partial charge < -0.3 is 0 Å². The van der Waals surface area contributed by atoms with Crippen molar-refractivity contribution in [3.05, 3.63) is 71.3 Å². The Morgan fingerprint density at radius 1 is 1.07 bits per heavy atom. The predicted octanol–water partition coefficient (Wildman–Crippen LogP) is 3.60. The molecule has 0 saturated carbocycles. The lowest BCUT2D eigenvalue weighted by atomic mass is 10.0. The van der Waals surface area contributed by atoms with Gasteiger partial charge in [-0.25, -0.2) is 13.4 Å². The molecule has 0 radical (unpaired) electrons. The Morgan fingerprint density at radius 3 is 2.29 bits per heavy atom. The number of carbonyl (C=O) groups is 1. The fourth-order valence-corrected chi connectivity index (χ4v) is 3.64. The van der Waals surface area contributed by atoms with E-state index in [0.29, 0.717) is 12.1 Å². The van der Waals surface area contributed by atoms with Crippen molar-refractivity contribution < 1.29 is 13.2 Å². The van der Waals surface area contributed by atoms with Crippen LogP contribution in [0.4, 0.5) is 5.69 Å². The van der Waals surface area contributed by atoms with E-state index in [0.717, 1.165) is 22.4 Å². The second-order valence-electron chi connectivity index (χ2n) is 6.75. The first-order valence-electron chi connectivity index (χ1n) is 9.31. The van der Waals surface area contributed by atoms with E-state index < -0.39 is 10.0 Å². The molecule has 0 aromatic heterocycles. The van der Waals surface area contributed by atoms with Gasteiger partial charge in [0.05, 0.1) is 17.5 Å². The van der Waals surface area contributed by atoms with Crippen LogP contribution in [0.3, 0.4) is 0 Å². The van der Waals surface area contributed by atoms with Gasteiger partial charge in [0.1, 0.15) is 0 Å². The number of hydrazine groups is 1. The lowest BCUT2D eigenvalue weighted by Gasteiger charge is -2.25. The van der Waals surface area contributed by atoms with Gasteiger partial charge in [0, 0.05) is 12.1 Å².